The summed E-state index contributed by atoms with van der Waals surface area (Å²) in [5.74, 6) is -0.785. The van der Waals surface area contributed by atoms with Gasteiger partial charge in [-0.1, -0.05) is 241 Å². The van der Waals surface area contributed by atoms with Crippen LogP contribution in [0.2, 0.25) is 0 Å². The summed E-state index contributed by atoms with van der Waals surface area (Å²) in [5.41, 5.74) is 0. The molecule has 54 heavy (non-hydrogen) atoms. The second kappa shape index (κ2) is 48.7. The lowest BCUT2D eigenvalue weighted by Gasteiger charge is -2.16. The molecule has 0 bridgehead atoms. The predicted octanol–water partition coefficient (Wildman–Crippen LogP) is 14.1. The standard InChI is InChI=1S/C44H88N2O4S2.HNS/c1-3-5-7-9-11-13-15-17-18-19-20-21-22-23-24-26-28-30-32-34-36-38-46-42(44(49)50)40-52-51-39-41(43(47)48)45-37-35-33-31-29-27-25-16-14-12-10-8-6-4-2;1-2/h41-42,45-46H,3-40H2,1-2H3,(H,47,48)(H,49,50);1H. The number of hydrogen-bond acceptors (Lipinski definition) is 8. The average molecular weight is 820 g/mol. The van der Waals surface area contributed by atoms with E-state index in [4.69, 9.17) is 4.78 Å². The monoisotopic (exact) mass is 820 g/mol. The maximum Gasteiger partial charge on any atom is 0.321 e. The molecular formula is C44H89N3O4S3. The van der Waals surface area contributed by atoms with Crippen molar-refractivity contribution in [2.75, 3.05) is 24.6 Å². The van der Waals surface area contributed by atoms with Crippen molar-refractivity contribution in [2.24, 2.45) is 0 Å². The number of nitrogens with one attached hydrogen (secondary N) is 3. The van der Waals surface area contributed by atoms with Crippen LogP contribution in [0.1, 0.15) is 232 Å². The molecule has 0 amide bonds. The summed E-state index contributed by atoms with van der Waals surface area (Å²) in [6.07, 6.45) is 45.6. The van der Waals surface area contributed by atoms with Crippen LogP contribution in [0.15, 0.2) is 0 Å². The van der Waals surface area contributed by atoms with E-state index in [0.29, 0.717) is 11.5 Å². The molecule has 0 fully saturated rings. The molecule has 0 aliphatic carbocycles. The van der Waals surface area contributed by atoms with E-state index >= 15 is 0 Å². The van der Waals surface area contributed by atoms with Gasteiger partial charge < -0.3 is 20.8 Å². The van der Waals surface area contributed by atoms with Gasteiger partial charge >= 0.3 is 11.9 Å². The van der Waals surface area contributed by atoms with Crippen LogP contribution < -0.4 is 10.6 Å². The van der Waals surface area contributed by atoms with Crippen molar-refractivity contribution in [3.05, 3.63) is 0 Å². The molecule has 10 heteroatoms. The van der Waals surface area contributed by atoms with Gasteiger partial charge in [-0.15, -0.1) is 0 Å². The largest absolute Gasteiger partial charge is 0.480 e. The van der Waals surface area contributed by atoms with Crippen LogP contribution in [-0.2, 0) is 22.0 Å². The van der Waals surface area contributed by atoms with Crippen molar-refractivity contribution in [1.82, 2.24) is 10.6 Å². The van der Waals surface area contributed by atoms with Gasteiger partial charge in [-0.05, 0) is 25.9 Å². The Kier molecular flexibility index (Phi) is 50.2. The Morgan fingerprint density at radius 1 is 0.407 bits per heavy atom. The maximum absolute atomic E-state index is 11.8. The zero-order valence-corrected chi connectivity index (χ0v) is 37.9. The van der Waals surface area contributed by atoms with Crippen LogP contribution >= 0.6 is 21.6 Å². The van der Waals surface area contributed by atoms with E-state index in [9.17, 15) is 19.8 Å². The first kappa shape index (κ1) is 55.7. The van der Waals surface area contributed by atoms with Gasteiger partial charge in [-0.3, -0.25) is 9.59 Å². The van der Waals surface area contributed by atoms with Crippen LogP contribution in [0.25, 0.3) is 0 Å². The van der Waals surface area contributed by atoms with E-state index in [2.05, 4.69) is 36.9 Å². The Balaban J connectivity index is 0. The number of rotatable bonds is 45. The maximum atomic E-state index is 11.8. The lowest BCUT2D eigenvalue weighted by atomic mass is 10.0. The molecule has 0 saturated heterocycles. The normalized spacial score (nSPS) is 12.3. The minimum atomic E-state index is -0.828. The fraction of sp³-hybridized carbons (Fsp3) is 0.955. The lowest BCUT2D eigenvalue weighted by Crippen LogP contribution is -2.40. The van der Waals surface area contributed by atoms with E-state index in [1.54, 1.807) is 0 Å². The summed E-state index contributed by atoms with van der Waals surface area (Å²) in [7, 11) is 2.92. The van der Waals surface area contributed by atoms with E-state index < -0.39 is 24.0 Å². The molecule has 0 aliphatic rings. The molecule has 0 aromatic carbocycles. The van der Waals surface area contributed by atoms with E-state index in [1.165, 1.54) is 214 Å². The van der Waals surface area contributed by atoms with Crippen molar-refractivity contribution in [2.45, 2.75) is 244 Å². The van der Waals surface area contributed by atoms with Gasteiger partial charge in [0.15, 0.2) is 0 Å². The molecule has 0 aromatic heterocycles. The van der Waals surface area contributed by atoms with Gasteiger partial charge in [0.05, 0.1) is 0 Å². The summed E-state index contributed by atoms with van der Waals surface area (Å²) in [4.78, 5) is 23.5. The first-order valence-corrected chi connectivity index (χ1v) is 25.8. The predicted molar refractivity (Wildman–Crippen MR) is 242 cm³/mol. The number of carbonyl (C=O) groups is 2. The van der Waals surface area contributed by atoms with Crippen molar-refractivity contribution < 1.29 is 19.8 Å². The van der Waals surface area contributed by atoms with E-state index in [1.807, 2.05) is 0 Å². The summed E-state index contributed by atoms with van der Waals surface area (Å²) >= 11 is 3.33. The van der Waals surface area contributed by atoms with Gasteiger partial charge in [0.1, 0.15) is 12.1 Å². The van der Waals surface area contributed by atoms with E-state index in [-0.39, 0.29) is 0 Å². The zero-order valence-electron chi connectivity index (χ0n) is 35.5. The second-order valence-electron chi connectivity index (χ2n) is 15.6. The molecule has 0 heterocycles. The van der Waals surface area contributed by atoms with E-state index in [0.717, 1.165) is 38.8 Å². The molecule has 2 unspecified atom stereocenters. The molecule has 0 saturated carbocycles. The van der Waals surface area contributed by atoms with Crippen LogP contribution in [0, 0.1) is 4.78 Å². The molecule has 0 aromatic rings. The topological polar surface area (TPSA) is 123 Å². The summed E-state index contributed by atoms with van der Waals surface area (Å²) in [6.45, 7) is 6.00. The van der Waals surface area contributed by atoms with Crippen LogP contribution in [0.5, 0.6) is 0 Å². The van der Waals surface area contributed by atoms with Crippen molar-refractivity contribution in [1.29, 1.82) is 4.78 Å². The quantitative estimate of drug-likeness (QED) is 0.0302. The minimum absolute atomic E-state index is 0.435. The third-order valence-corrected chi connectivity index (χ3v) is 12.9. The van der Waals surface area contributed by atoms with Crippen LogP contribution in [-0.4, -0.2) is 58.8 Å². The second-order valence-corrected chi connectivity index (χ2v) is 18.1. The molecule has 0 spiro atoms. The molecule has 7 nitrogen and oxygen atoms in total. The molecule has 5 N–H and O–H groups in total. The molecule has 0 aliphatic heterocycles. The van der Waals surface area contributed by atoms with Crippen molar-refractivity contribution in [3.63, 3.8) is 0 Å². The van der Waals surface area contributed by atoms with Gasteiger partial charge in [0.2, 0.25) is 0 Å². The Morgan fingerprint density at radius 2 is 0.593 bits per heavy atom. The first-order chi connectivity index (χ1) is 26.5. The number of hydrogen-bond donors (Lipinski definition) is 5. The summed E-state index contributed by atoms with van der Waals surface area (Å²) in [6, 6.07) is -1.19. The molecular weight excluding hydrogens is 731 g/mol. The summed E-state index contributed by atoms with van der Waals surface area (Å²) < 4.78 is 5.33. The number of carboxylic acid groups (broad SMARTS) is 2. The third kappa shape index (κ3) is 44.3. The SMILES string of the molecule is CCCCCCCCCCCCCCCCCCCCCCCNC(CSSCC(NCCCCCCCCCCCCCCC)C(=O)O)C(=O)O.N=S. The Hall–Kier alpha value is -0.420. The number of unbranched alkanes of at least 4 members (excludes halogenated alkanes) is 32. The Labute approximate surface area is 348 Å². The fourth-order valence-electron chi connectivity index (χ4n) is 6.92. The summed E-state index contributed by atoms with van der Waals surface area (Å²) in [5, 5.41) is 25.7. The minimum Gasteiger partial charge on any atom is -0.480 e. The smallest absolute Gasteiger partial charge is 0.321 e. The van der Waals surface area contributed by atoms with Crippen LogP contribution in [0.4, 0.5) is 0 Å². The number of aliphatic carboxylic acids is 2. The average Bonchev–Trinajstić information content (AvgIpc) is 3.17. The zero-order chi connectivity index (χ0) is 40.0. The lowest BCUT2D eigenvalue weighted by molar-refractivity contribution is -0.139. The van der Waals surface area contributed by atoms with Crippen molar-refractivity contribution >= 4 is 46.0 Å². The van der Waals surface area contributed by atoms with Gasteiger partial charge in [-0.2, -0.15) is 0 Å². The highest BCUT2D eigenvalue weighted by Crippen LogP contribution is 2.23. The van der Waals surface area contributed by atoms with Crippen molar-refractivity contribution in [3.8, 4) is 0 Å². The molecule has 322 valence electrons. The van der Waals surface area contributed by atoms with Gasteiger partial charge in [-0.25, -0.2) is 4.78 Å². The number of carboxylic acids is 2. The Morgan fingerprint density at radius 3 is 0.778 bits per heavy atom. The van der Waals surface area contributed by atoms with Gasteiger partial charge in [0, 0.05) is 23.9 Å². The fourth-order valence-corrected chi connectivity index (χ4v) is 9.30. The van der Waals surface area contributed by atoms with Gasteiger partial charge in [0.25, 0.3) is 0 Å². The highest BCUT2D eigenvalue weighted by atomic mass is 33.1. The van der Waals surface area contributed by atoms with Crippen LogP contribution in [0.3, 0.4) is 0 Å². The first-order valence-electron chi connectivity index (χ1n) is 22.9. The highest BCUT2D eigenvalue weighted by molar-refractivity contribution is 8.76. The highest BCUT2D eigenvalue weighted by Gasteiger charge is 2.19. The molecule has 2 atom stereocenters. The molecule has 0 radical (unpaired) electrons. The molecule has 0 rings (SSSR count). The third-order valence-electron chi connectivity index (χ3n) is 10.5. The Bertz CT molecular complexity index is 769.